The number of anilines is 7. The zero-order valence-corrected chi connectivity index (χ0v) is 66.6. The van der Waals surface area contributed by atoms with Crippen molar-refractivity contribution in [1.29, 1.82) is 10.5 Å². The summed E-state index contributed by atoms with van der Waals surface area (Å²) in [7, 11) is 5.27. The maximum absolute atomic E-state index is 14.6. The largest absolute Gasteiger partial charge is 0.381 e. The molecule has 0 aliphatic carbocycles. The Kier molecular flexibility index (Phi) is 22.9. The molecule has 9 aliphatic rings. The molecule has 0 atom stereocenters. The number of alkyl halides is 2. The van der Waals surface area contributed by atoms with E-state index >= 15 is 0 Å². The summed E-state index contributed by atoms with van der Waals surface area (Å²) < 4.78 is 54.4. The molecule has 6 amide bonds. The molecule has 3 fully saturated rings. The highest BCUT2D eigenvalue weighted by molar-refractivity contribution is 5.88. The average Bonchev–Trinajstić information content (AvgIpc) is 1.61. The van der Waals surface area contributed by atoms with Crippen molar-refractivity contribution in [3.63, 3.8) is 0 Å². The summed E-state index contributed by atoms with van der Waals surface area (Å²) in [5, 5.41) is 48.3. The molecule has 0 radical (unpaired) electrons. The minimum atomic E-state index is -2.70. The number of amides is 6. The van der Waals surface area contributed by atoms with Gasteiger partial charge in [0.15, 0.2) is 17.5 Å². The van der Waals surface area contributed by atoms with E-state index in [1.165, 1.54) is 42.0 Å². The van der Waals surface area contributed by atoms with E-state index in [0.29, 0.717) is 106 Å². The van der Waals surface area contributed by atoms with Gasteiger partial charge >= 0.3 is 12.1 Å². The van der Waals surface area contributed by atoms with E-state index in [0.717, 1.165) is 220 Å². The quantitative estimate of drug-likeness (QED) is 0.108. The third-order valence-electron chi connectivity index (χ3n) is 24.3. The maximum atomic E-state index is 14.6. The molecule has 604 valence electrons. The van der Waals surface area contributed by atoms with Crippen molar-refractivity contribution in [1.82, 2.24) is 79.4 Å². The number of hydrogen-bond acceptors (Lipinski definition) is 19. The normalized spacial score (nSPS) is 17.5. The topological polar surface area (TPSA) is 309 Å². The molecule has 9 aliphatic heterocycles. The van der Waals surface area contributed by atoms with Gasteiger partial charge in [-0.3, -0.25) is 28.3 Å². The number of urea groups is 2. The molecule has 9 aromatic rings. The van der Waals surface area contributed by atoms with E-state index in [2.05, 4.69) is 89.0 Å². The molecular weight excluding hydrogens is 1480 g/mol. The van der Waals surface area contributed by atoms with Crippen LogP contribution in [0.3, 0.4) is 0 Å². The van der Waals surface area contributed by atoms with Crippen molar-refractivity contribution in [2.45, 2.75) is 161 Å². The van der Waals surface area contributed by atoms with Crippen LogP contribution in [0.5, 0.6) is 0 Å². The van der Waals surface area contributed by atoms with E-state index in [9.17, 15) is 38.5 Å². The van der Waals surface area contributed by atoms with Gasteiger partial charge in [-0.15, -0.1) is 0 Å². The lowest BCUT2D eigenvalue weighted by Gasteiger charge is -2.33. The highest BCUT2D eigenvalue weighted by Crippen LogP contribution is 2.48. The van der Waals surface area contributed by atoms with Crippen LogP contribution in [0.1, 0.15) is 169 Å². The monoisotopic (exact) mass is 1580 g/mol. The lowest BCUT2D eigenvalue weighted by Crippen LogP contribution is -2.42. The number of nitriles is 2. The number of carbonyl (C=O) groups excluding carboxylic acids is 4. The molecular formula is C85H98F2N22O7. The Hall–Kier alpha value is -11.7. The number of hydrogen-bond donors (Lipinski definition) is 3. The molecule has 29 nitrogen and oxygen atoms in total. The van der Waals surface area contributed by atoms with Crippen LogP contribution in [0.25, 0.3) is 33.5 Å². The number of aryl methyl sites for hydroxylation is 4. The van der Waals surface area contributed by atoms with Crippen molar-refractivity contribution in [2.75, 3.05) is 113 Å². The second-order valence-corrected chi connectivity index (χ2v) is 31.1. The summed E-state index contributed by atoms with van der Waals surface area (Å²) in [6, 6.07) is 22.4. The van der Waals surface area contributed by atoms with E-state index in [-0.39, 0.29) is 35.5 Å². The number of nitrogens with one attached hydrogen (secondary N) is 3. The molecule has 15 heterocycles. The zero-order chi connectivity index (χ0) is 80.4. The Morgan fingerprint density at radius 3 is 1.39 bits per heavy atom. The Balaban J connectivity index is 0.000000131. The molecule has 6 aromatic heterocycles. The first-order valence-electron chi connectivity index (χ1n) is 40.6. The van der Waals surface area contributed by atoms with Crippen LogP contribution < -0.4 is 30.7 Å². The van der Waals surface area contributed by atoms with E-state index < -0.39 is 6.43 Å². The van der Waals surface area contributed by atoms with Crippen LogP contribution >= 0.6 is 0 Å². The minimum absolute atomic E-state index is 0.0159. The first-order valence-corrected chi connectivity index (χ1v) is 40.6. The maximum Gasteiger partial charge on any atom is 0.317 e. The number of aromatic nitrogens is 11. The van der Waals surface area contributed by atoms with Crippen LogP contribution in [-0.4, -0.2) is 186 Å². The Morgan fingerprint density at radius 1 is 0.534 bits per heavy atom. The predicted octanol–water partition coefficient (Wildman–Crippen LogP) is 12.1. The first-order chi connectivity index (χ1) is 56.5. The van der Waals surface area contributed by atoms with Crippen molar-refractivity contribution in [3.05, 3.63) is 152 Å². The summed E-state index contributed by atoms with van der Waals surface area (Å²) in [5.74, 6) is 2.70. The second-order valence-electron chi connectivity index (χ2n) is 31.1. The Bertz CT molecular complexity index is 5280. The summed E-state index contributed by atoms with van der Waals surface area (Å²) >= 11 is 0. The Labute approximate surface area is 672 Å². The number of ether oxygens (including phenoxy) is 3. The fraction of sp³-hybridized carbons (Fsp3) is 0.471. The van der Waals surface area contributed by atoms with Gasteiger partial charge in [0.25, 0.3) is 6.43 Å². The summed E-state index contributed by atoms with van der Waals surface area (Å²) in [5.41, 5.74) is 19.6. The summed E-state index contributed by atoms with van der Waals surface area (Å²) in [6.45, 7) is 15.1. The number of fused-ring (bicyclic) bond motifs is 6. The molecule has 0 bridgehead atoms. The molecule has 116 heavy (non-hydrogen) atoms. The zero-order valence-electron chi connectivity index (χ0n) is 66.6. The fourth-order valence-corrected chi connectivity index (χ4v) is 18.2. The second kappa shape index (κ2) is 34.0. The van der Waals surface area contributed by atoms with Gasteiger partial charge in [0.05, 0.1) is 72.9 Å². The molecule has 0 unspecified atom stereocenters. The van der Waals surface area contributed by atoms with Crippen LogP contribution in [-0.2, 0) is 89.0 Å². The van der Waals surface area contributed by atoms with Gasteiger partial charge in [-0.2, -0.15) is 30.9 Å². The van der Waals surface area contributed by atoms with Gasteiger partial charge in [0.2, 0.25) is 11.8 Å². The number of nitrogens with zero attached hydrogens (tertiary/aromatic N) is 19. The predicted molar refractivity (Wildman–Crippen MR) is 431 cm³/mol. The van der Waals surface area contributed by atoms with Crippen LogP contribution in [0.2, 0.25) is 0 Å². The van der Waals surface area contributed by atoms with Gasteiger partial charge in [-0.25, -0.2) is 33.3 Å². The van der Waals surface area contributed by atoms with Gasteiger partial charge in [-0.05, 0) is 161 Å². The van der Waals surface area contributed by atoms with Gasteiger partial charge in [0.1, 0.15) is 12.1 Å². The summed E-state index contributed by atoms with van der Waals surface area (Å²) in [4.78, 5) is 73.6. The number of benzene rings is 3. The highest BCUT2D eigenvalue weighted by Gasteiger charge is 2.39. The smallest absolute Gasteiger partial charge is 0.317 e. The number of pyridine rings is 1. The minimum Gasteiger partial charge on any atom is -0.381 e. The van der Waals surface area contributed by atoms with Crippen molar-refractivity contribution < 1.29 is 42.2 Å². The fourth-order valence-electron chi connectivity index (χ4n) is 18.2. The van der Waals surface area contributed by atoms with E-state index in [4.69, 9.17) is 29.5 Å². The molecule has 3 N–H and O–H groups in total. The third kappa shape index (κ3) is 15.5. The van der Waals surface area contributed by atoms with Crippen molar-refractivity contribution >= 4 is 64.2 Å². The van der Waals surface area contributed by atoms with Crippen LogP contribution in [0.15, 0.2) is 79.5 Å². The van der Waals surface area contributed by atoms with Gasteiger partial charge < -0.3 is 59.6 Å². The van der Waals surface area contributed by atoms with Gasteiger partial charge in [-0.1, -0.05) is 0 Å². The SMILES string of the molecule is CC(=O)Nc1ccc(-c2cc3c(cc2C(F)F)N(c2nn(C4CCOCC4)c4c2CN(C(C)=O)CC4)CCC3)cn1.CNC(=O)N1CCc2c(c(N3CCCc4cc(-c5ccncn5)c(C#N)cc43)nn2C2CCOCC2)C1.CNC(=O)N1CCc2c(c(N3CCCc4cc(-c5cnn(C)c5C)c(C#N)cc43)nn2C2CCOCC2)C1. The molecule has 3 aromatic carbocycles. The van der Waals surface area contributed by atoms with Gasteiger partial charge in [0, 0.05) is 230 Å². The standard InChI is InChI=1S/C30H34F2N6O3.C28H34N8O2.C27H30N8O2/c1-18(39)34-28-6-5-21(16-33-28)23-14-20-4-3-10-37(27(20)15-24(23)29(31)32)30-25-17-36(19(2)40)11-7-26(25)38(35-30)22-8-12-41-13-9-22;1-18-23(16-31-33(18)3)22-13-19-5-4-9-35(26(19)14-20(22)15-29)27-24-17-34(28(37)30-2)10-6-25(24)36(32-27)21-7-11-38-12-8-21;1-29-27(36)33-10-5-24-22(16-33)26(32-35(24)20-6-11-37-12-7-20)34-9-2-3-18-13-21(19(15-28)14-25(18)34)23-4-8-30-17-31-23/h5-6,14-16,22,29H,3-4,7-13,17H2,1-2H3,(H,33,34,39);13-14,16,21H,4-12,17H2,1-3H3,(H,30,37);4,8,13-14,17,20H,2-3,5-7,9-12,16H2,1H3,(H,29,36). The number of carbonyl (C=O) groups is 4. The molecule has 0 spiro atoms. The lowest BCUT2D eigenvalue weighted by molar-refractivity contribution is -0.129. The molecule has 31 heteroatoms. The van der Waals surface area contributed by atoms with E-state index in [1.807, 2.05) is 63.8 Å². The van der Waals surface area contributed by atoms with Crippen molar-refractivity contribution in [3.8, 4) is 45.6 Å². The molecule has 18 rings (SSSR count). The number of rotatable bonds is 11. The number of halogens is 2. The van der Waals surface area contributed by atoms with Crippen LogP contribution in [0, 0.1) is 29.6 Å². The third-order valence-corrected chi connectivity index (χ3v) is 24.3. The Morgan fingerprint density at radius 2 is 0.983 bits per heavy atom. The average molecular weight is 1580 g/mol. The summed E-state index contributed by atoms with van der Waals surface area (Å²) in [6.07, 6.45) is 17.0. The molecule has 3 saturated heterocycles. The lowest BCUT2D eigenvalue weighted by atomic mass is 9.92. The van der Waals surface area contributed by atoms with Crippen LogP contribution in [0.4, 0.5) is 58.7 Å². The first kappa shape index (κ1) is 78.2. The van der Waals surface area contributed by atoms with Crippen molar-refractivity contribution in [2.24, 2.45) is 7.05 Å². The highest BCUT2D eigenvalue weighted by atomic mass is 19.3. The van der Waals surface area contributed by atoms with E-state index in [1.54, 1.807) is 45.4 Å². The molecule has 0 saturated carbocycles.